The standard InChI is InChI=1S/C60H38N2O2/c1-3-18-39(19-4-1)42-22-7-11-30-51(42)62-52-31-12-8-25-49(52)58-54(32-17-33-55(58)62)61(41-20-5-2-6-21-41)53-37-36-40(43-26-15-27-46-44-23-9-13-34-56(44)63-59(43)46)38-50(53)48-29-16-28-47-45-24-10-14-35-57(45)64-60(47)48/h1-38H. The fraction of sp³-hybridized carbons (Fsp3) is 0. The third-order valence-corrected chi connectivity index (χ3v) is 12.8. The maximum absolute atomic E-state index is 6.83. The second-order valence-electron chi connectivity index (χ2n) is 16.4. The number of hydrogen-bond acceptors (Lipinski definition) is 3. The molecule has 0 aliphatic carbocycles. The van der Waals surface area contributed by atoms with Crippen LogP contribution in [0, 0.1) is 0 Å². The van der Waals surface area contributed by atoms with Crippen LogP contribution in [0.4, 0.5) is 17.1 Å². The van der Waals surface area contributed by atoms with Gasteiger partial charge in [-0.05, 0) is 71.8 Å². The molecule has 0 aliphatic rings. The van der Waals surface area contributed by atoms with E-state index in [9.17, 15) is 0 Å². The highest BCUT2D eigenvalue weighted by Crippen LogP contribution is 2.50. The third-order valence-electron chi connectivity index (χ3n) is 12.8. The highest BCUT2D eigenvalue weighted by molar-refractivity contribution is 6.18. The molecule has 64 heavy (non-hydrogen) atoms. The predicted octanol–water partition coefficient (Wildman–Crippen LogP) is 17.1. The molecule has 300 valence electrons. The number of aromatic nitrogens is 1. The van der Waals surface area contributed by atoms with Crippen LogP contribution in [0.1, 0.15) is 0 Å². The number of para-hydroxylation sites is 7. The molecule has 0 saturated heterocycles. The van der Waals surface area contributed by atoms with E-state index < -0.39 is 0 Å². The van der Waals surface area contributed by atoms with E-state index in [-0.39, 0.29) is 0 Å². The number of nitrogens with zero attached hydrogens (tertiary/aromatic N) is 2. The summed E-state index contributed by atoms with van der Waals surface area (Å²) in [5.74, 6) is 0. The molecular formula is C60H38N2O2. The molecule has 13 aromatic rings. The number of hydrogen-bond donors (Lipinski definition) is 0. The minimum atomic E-state index is 0.851. The average molecular weight is 819 g/mol. The molecule has 3 heterocycles. The van der Waals surface area contributed by atoms with Crippen LogP contribution in [0.25, 0.3) is 105 Å². The number of fused-ring (bicyclic) bond motifs is 9. The normalized spacial score (nSPS) is 11.8. The van der Waals surface area contributed by atoms with Gasteiger partial charge in [0.25, 0.3) is 0 Å². The molecule has 10 aromatic carbocycles. The van der Waals surface area contributed by atoms with E-state index in [4.69, 9.17) is 8.83 Å². The van der Waals surface area contributed by atoms with Crippen molar-refractivity contribution in [3.05, 3.63) is 231 Å². The molecule has 0 radical (unpaired) electrons. The van der Waals surface area contributed by atoms with Crippen LogP contribution in [0.15, 0.2) is 239 Å². The van der Waals surface area contributed by atoms with Gasteiger partial charge in [0.2, 0.25) is 0 Å². The molecule has 0 bridgehead atoms. The lowest BCUT2D eigenvalue weighted by molar-refractivity contribution is 0.670. The van der Waals surface area contributed by atoms with Gasteiger partial charge in [-0.3, -0.25) is 0 Å². The lowest BCUT2D eigenvalue weighted by Gasteiger charge is -2.29. The molecule has 3 aromatic heterocycles. The predicted molar refractivity (Wildman–Crippen MR) is 266 cm³/mol. The first-order chi connectivity index (χ1) is 31.8. The van der Waals surface area contributed by atoms with Crippen molar-refractivity contribution in [1.29, 1.82) is 0 Å². The van der Waals surface area contributed by atoms with Gasteiger partial charge in [-0.25, -0.2) is 0 Å². The molecule has 13 rings (SSSR count). The van der Waals surface area contributed by atoms with Gasteiger partial charge in [-0.2, -0.15) is 0 Å². The summed E-state index contributed by atoms with van der Waals surface area (Å²) in [6, 6.07) is 82.1. The topological polar surface area (TPSA) is 34.5 Å². The zero-order valence-electron chi connectivity index (χ0n) is 34.7. The molecule has 0 N–H and O–H groups in total. The minimum Gasteiger partial charge on any atom is -0.455 e. The Hall–Kier alpha value is -8.60. The fourth-order valence-corrected chi connectivity index (χ4v) is 10.0. The van der Waals surface area contributed by atoms with E-state index in [0.717, 1.165) is 105 Å². The molecule has 0 unspecified atom stereocenters. The van der Waals surface area contributed by atoms with Crippen LogP contribution in [0.3, 0.4) is 0 Å². The Morgan fingerprint density at radius 2 is 0.875 bits per heavy atom. The number of rotatable bonds is 7. The Labute approximate surface area is 369 Å². The Balaban J connectivity index is 1.11. The number of furan rings is 2. The molecule has 0 aliphatic heterocycles. The maximum Gasteiger partial charge on any atom is 0.143 e. The van der Waals surface area contributed by atoms with Crippen molar-refractivity contribution in [1.82, 2.24) is 4.57 Å². The first-order valence-corrected chi connectivity index (χ1v) is 21.8. The quantitative estimate of drug-likeness (QED) is 0.161. The number of anilines is 3. The van der Waals surface area contributed by atoms with Crippen LogP contribution in [-0.2, 0) is 0 Å². The van der Waals surface area contributed by atoms with E-state index in [2.05, 4.69) is 222 Å². The van der Waals surface area contributed by atoms with E-state index in [1.54, 1.807) is 0 Å². The van der Waals surface area contributed by atoms with Gasteiger partial charge < -0.3 is 18.3 Å². The smallest absolute Gasteiger partial charge is 0.143 e. The summed E-state index contributed by atoms with van der Waals surface area (Å²) in [5, 5.41) is 6.72. The van der Waals surface area contributed by atoms with E-state index in [1.165, 1.54) is 16.5 Å². The van der Waals surface area contributed by atoms with Gasteiger partial charge in [0.15, 0.2) is 0 Å². The summed E-state index contributed by atoms with van der Waals surface area (Å²) in [4.78, 5) is 2.44. The van der Waals surface area contributed by atoms with E-state index in [0.29, 0.717) is 0 Å². The molecule has 0 spiro atoms. The van der Waals surface area contributed by atoms with Crippen LogP contribution < -0.4 is 4.90 Å². The van der Waals surface area contributed by atoms with Crippen LogP contribution in [0.2, 0.25) is 0 Å². The van der Waals surface area contributed by atoms with Gasteiger partial charge in [-0.1, -0.05) is 170 Å². The molecule has 4 heteroatoms. The Morgan fingerprint density at radius 1 is 0.328 bits per heavy atom. The van der Waals surface area contributed by atoms with Crippen molar-refractivity contribution in [2.24, 2.45) is 0 Å². The van der Waals surface area contributed by atoms with Crippen LogP contribution >= 0.6 is 0 Å². The average Bonchev–Trinajstić information content (AvgIpc) is 4.05. The Kier molecular flexibility index (Phi) is 8.18. The Morgan fingerprint density at radius 3 is 1.62 bits per heavy atom. The monoisotopic (exact) mass is 818 g/mol. The summed E-state index contributed by atoms with van der Waals surface area (Å²) in [7, 11) is 0. The summed E-state index contributed by atoms with van der Waals surface area (Å²) in [6.45, 7) is 0. The van der Waals surface area contributed by atoms with Gasteiger partial charge >= 0.3 is 0 Å². The lowest BCUT2D eigenvalue weighted by atomic mass is 9.94. The van der Waals surface area contributed by atoms with Gasteiger partial charge in [-0.15, -0.1) is 0 Å². The van der Waals surface area contributed by atoms with Crippen molar-refractivity contribution in [3.63, 3.8) is 0 Å². The molecule has 0 amide bonds. The highest BCUT2D eigenvalue weighted by atomic mass is 16.3. The van der Waals surface area contributed by atoms with Crippen LogP contribution in [-0.4, -0.2) is 4.57 Å². The summed E-state index contributed by atoms with van der Waals surface area (Å²) in [5.41, 5.74) is 16.5. The zero-order chi connectivity index (χ0) is 42.1. The first-order valence-electron chi connectivity index (χ1n) is 21.8. The third kappa shape index (κ3) is 5.56. The lowest BCUT2D eigenvalue weighted by Crippen LogP contribution is -2.12. The van der Waals surface area contributed by atoms with E-state index in [1.807, 2.05) is 18.2 Å². The fourth-order valence-electron chi connectivity index (χ4n) is 10.0. The van der Waals surface area contributed by atoms with E-state index >= 15 is 0 Å². The van der Waals surface area contributed by atoms with Gasteiger partial charge in [0.05, 0.1) is 28.1 Å². The molecule has 4 nitrogen and oxygen atoms in total. The molecule has 0 fully saturated rings. The van der Waals surface area contributed by atoms with Crippen LogP contribution in [0.5, 0.6) is 0 Å². The first kappa shape index (κ1) is 36.1. The zero-order valence-corrected chi connectivity index (χ0v) is 34.7. The van der Waals surface area contributed by atoms with Crippen molar-refractivity contribution in [2.75, 3.05) is 4.90 Å². The SMILES string of the molecule is c1ccc(-c2ccccc2-n2c3ccccc3c3c(N(c4ccccc4)c4ccc(-c5cccc6c5oc5ccccc56)cc4-c4cccc5c4oc4ccccc45)cccc32)cc1. The Bertz CT molecular complexity index is 3910. The van der Waals surface area contributed by atoms with Gasteiger partial charge in [0, 0.05) is 60.3 Å². The summed E-state index contributed by atoms with van der Waals surface area (Å²) < 4.78 is 15.9. The van der Waals surface area contributed by atoms with Gasteiger partial charge in [0.1, 0.15) is 22.3 Å². The summed E-state index contributed by atoms with van der Waals surface area (Å²) >= 11 is 0. The summed E-state index contributed by atoms with van der Waals surface area (Å²) in [6.07, 6.45) is 0. The second-order valence-corrected chi connectivity index (χ2v) is 16.4. The molecular weight excluding hydrogens is 781 g/mol. The minimum absolute atomic E-state index is 0.851. The van der Waals surface area contributed by atoms with Crippen molar-refractivity contribution in [3.8, 4) is 39.1 Å². The molecule has 0 atom stereocenters. The maximum atomic E-state index is 6.83. The second kappa shape index (κ2) is 14.5. The van der Waals surface area contributed by atoms with Crippen molar-refractivity contribution in [2.45, 2.75) is 0 Å². The largest absolute Gasteiger partial charge is 0.455 e. The highest BCUT2D eigenvalue weighted by Gasteiger charge is 2.26. The molecule has 0 saturated carbocycles. The van der Waals surface area contributed by atoms with Crippen molar-refractivity contribution < 1.29 is 8.83 Å². The number of benzene rings is 10. The van der Waals surface area contributed by atoms with Crippen molar-refractivity contribution >= 4 is 82.7 Å².